The maximum absolute atomic E-state index is 3.79. The molecule has 1 aromatic rings. The van der Waals surface area contributed by atoms with Gasteiger partial charge >= 0.3 is 0 Å². The number of rotatable bonds is 6. The molecule has 0 amide bonds. The molecule has 2 unspecified atom stereocenters. The normalized spacial score (nSPS) is 23.7. The van der Waals surface area contributed by atoms with E-state index in [0.29, 0.717) is 11.5 Å². The molecule has 0 aliphatic heterocycles. The monoisotopic (exact) mass is 293 g/mol. The summed E-state index contributed by atoms with van der Waals surface area (Å²) in [6.07, 6.45) is 8.01. The molecule has 1 saturated carbocycles. The molecule has 1 aliphatic rings. The van der Waals surface area contributed by atoms with Crippen LogP contribution in [0.1, 0.15) is 63.1 Å². The summed E-state index contributed by atoms with van der Waals surface area (Å²) in [6.45, 7) is 10.5. The highest BCUT2D eigenvalue weighted by molar-refractivity contribution is 7.11. The summed E-state index contributed by atoms with van der Waals surface area (Å²) in [7, 11) is 0. The summed E-state index contributed by atoms with van der Waals surface area (Å²) >= 11 is 2.01. The largest absolute Gasteiger partial charge is 0.314 e. The van der Waals surface area contributed by atoms with E-state index in [4.69, 9.17) is 0 Å². The summed E-state index contributed by atoms with van der Waals surface area (Å²) in [5.74, 6) is 0.823. The third kappa shape index (κ3) is 3.85. The van der Waals surface area contributed by atoms with Crippen LogP contribution in [-0.4, -0.2) is 12.6 Å². The van der Waals surface area contributed by atoms with Crippen LogP contribution in [0.2, 0.25) is 0 Å². The molecular formula is C18H31NS. The van der Waals surface area contributed by atoms with Crippen molar-refractivity contribution in [1.29, 1.82) is 0 Å². The fourth-order valence-corrected chi connectivity index (χ4v) is 4.84. The molecule has 1 aliphatic carbocycles. The smallest absolute Gasteiger partial charge is 0.0149 e. The van der Waals surface area contributed by atoms with Crippen molar-refractivity contribution in [2.75, 3.05) is 6.54 Å². The van der Waals surface area contributed by atoms with Crippen LogP contribution in [0.3, 0.4) is 0 Å². The maximum atomic E-state index is 3.79. The highest BCUT2D eigenvalue weighted by atomic mass is 32.1. The zero-order valence-corrected chi connectivity index (χ0v) is 14.5. The van der Waals surface area contributed by atoms with Crippen LogP contribution < -0.4 is 5.32 Å². The van der Waals surface area contributed by atoms with Gasteiger partial charge in [-0.15, -0.1) is 11.3 Å². The first kappa shape index (κ1) is 16.0. The second-order valence-electron chi connectivity index (χ2n) is 6.93. The van der Waals surface area contributed by atoms with E-state index >= 15 is 0 Å². The molecule has 1 nitrogen and oxygen atoms in total. The van der Waals surface area contributed by atoms with E-state index in [2.05, 4.69) is 45.1 Å². The molecule has 1 fully saturated rings. The second-order valence-corrected chi connectivity index (χ2v) is 8.18. The Morgan fingerprint density at radius 2 is 2.00 bits per heavy atom. The summed E-state index contributed by atoms with van der Waals surface area (Å²) in [4.78, 5) is 3.09. The minimum atomic E-state index is 0.496. The summed E-state index contributed by atoms with van der Waals surface area (Å²) in [5.41, 5.74) is 0.496. The Balaban J connectivity index is 2.09. The molecule has 2 atom stereocenters. The fraction of sp³-hybridized carbons (Fsp3) is 0.778. The van der Waals surface area contributed by atoms with E-state index in [1.54, 1.807) is 4.88 Å². The molecule has 1 N–H and O–H groups in total. The van der Waals surface area contributed by atoms with E-state index in [0.717, 1.165) is 12.5 Å². The minimum Gasteiger partial charge on any atom is -0.314 e. The van der Waals surface area contributed by atoms with Crippen LogP contribution in [0.4, 0.5) is 0 Å². The first-order valence-corrected chi connectivity index (χ1v) is 9.19. The Labute approximate surface area is 129 Å². The van der Waals surface area contributed by atoms with Gasteiger partial charge in [0.2, 0.25) is 0 Å². The standard InChI is InChI=1S/C18H31NS/c1-5-14-10-11-15(20-14)13-17(19-6-2)16-9-7-8-12-18(16,3)4/h10-11,16-17,19H,5-9,12-13H2,1-4H3. The first-order valence-electron chi connectivity index (χ1n) is 8.37. The van der Waals surface area contributed by atoms with Crippen molar-refractivity contribution < 1.29 is 0 Å². The van der Waals surface area contributed by atoms with Crippen molar-refractivity contribution in [3.63, 3.8) is 0 Å². The van der Waals surface area contributed by atoms with E-state index in [9.17, 15) is 0 Å². The lowest BCUT2D eigenvalue weighted by molar-refractivity contribution is 0.0990. The van der Waals surface area contributed by atoms with Crippen molar-refractivity contribution in [3.8, 4) is 0 Å². The predicted octanol–water partition coefficient (Wildman–Crippen LogP) is 5.05. The lowest BCUT2D eigenvalue weighted by Gasteiger charge is -2.43. The van der Waals surface area contributed by atoms with Gasteiger partial charge in [0.25, 0.3) is 0 Å². The SMILES string of the molecule is CCNC(Cc1ccc(CC)s1)C1CCCCC1(C)C. The van der Waals surface area contributed by atoms with Crippen LogP contribution in [0, 0.1) is 11.3 Å². The van der Waals surface area contributed by atoms with Crippen molar-refractivity contribution in [2.45, 2.75) is 72.3 Å². The Morgan fingerprint density at radius 1 is 1.25 bits per heavy atom. The van der Waals surface area contributed by atoms with Gasteiger partial charge in [0.05, 0.1) is 0 Å². The van der Waals surface area contributed by atoms with E-state index in [1.165, 1.54) is 43.4 Å². The van der Waals surface area contributed by atoms with Gasteiger partial charge < -0.3 is 5.32 Å². The second kappa shape index (κ2) is 7.09. The third-order valence-corrected chi connectivity index (χ3v) is 6.28. The third-order valence-electron chi connectivity index (χ3n) is 5.03. The average Bonchev–Trinajstić information content (AvgIpc) is 2.85. The number of nitrogens with one attached hydrogen (secondary N) is 1. The van der Waals surface area contributed by atoms with Gasteiger partial charge in [0, 0.05) is 15.8 Å². The first-order chi connectivity index (χ1) is 9.56. The topological polar surface area (TPSA) is 12.0 Å². The Morgan fingerprint density at radius 3 is 2.60 bits per heavy atom. The van der Waals surface area contributed by atoms with Crippen LogP contribution in [0.15, 0.2) is 12.1 Å². The van der Waals surface area contributed by atoms with Gasteiger partial charge in [-0.05, 0) is 55.7 Å². The number of hydrogen-bond donors (Lipinski definition) is 1. The molecule has 20 heavy (non-hydrogen) atoms. The van der Waals surface area contributed by atoms with Gasteiger partial charge in [-0.2, -0.15) is 0 Å². The summed E-state index contributed by atoms with van der Waals surface area (Å²) in [5, 5.41) is 3.79. The average molecular weight is 294 g/mol. The van der Waals surface area contributed by atoms with Gasteiger partial charge in [-0.25, -0.2) is 0 Å². The quantitative estimate of drug-likeness (QED) is 0.774. The summed E-state index contributed by atoms with van der Waals surface area (Å²) in [6, 6.07) is 5.32. The summed E-state index contributed by atoms with van der Waals surface area (Å²) < 4.78 is 0. The highest BCUT2D eigenvalue weighted by Gasteiger charge is 2.37. The molecule has 0 aromatic carbocycles. The van der Waals surface area contributed by atoms with Crippen molar-refractivity contribution in [2.24, 2.45) is 11.3 Å². The molecule has 1 heterocycles. The number of aryl methyl sites for hydroxylation is 1. The molecule has 2 heteroatoms. The number of hydrogen-bond acceptors (Lipinski definition) is 2. The molecule has 0 saturated heterocycles. The fourth-order valence-electron chi connectivity index (χ4n) is 3.82. The maximum Gasteiger partial charge on any atom is 0.0149 e. The van der Waals surface area contributed by atoms with Crippen LogP contribution >= 0.6 is 11.3 Å². The molecule has 2 rings (SSSR count). The van der Waals surface area contributed by atoms with Crippen LogP contribution in [0.5, 0.6) is 0 Å². The molecule has 1 aromatic heterocycles. The van der Waals surface area contributed by atoms with Crippen LogP contribution in [-0.2, 0) is 12.8 Å². The predicted molar refractivity (Wildman–Crippen MR) is 90.6 cm³/mol. The van der Waals surface area contributed by atoms with E-state index in [-0.39, 0.29) is 0 Å². The zero-order chi connectivity index (χ0) is 14.6. The van der Waals surface area contributed by atoms with E-state index < -0.39 is 0 Å². The van der Waals surface area contributed by atoms with Gasteiger partial charge in [0.1, 0.15) is 0 Å². The van der Waals surface area contributed by atoms with Gasteiger partial charge in [-0.3, -0.25) is 0 Å². The van der Waals surface area contributed by atoms with Crippen molar-refractivity contribution in [1.82, 2.24) is 5.32 Å². The Kier molecular flexibility index (Phi) is 5.68. The highest BCUT2D eigenvalue weighted by Crippen LogP contribution is 2.43. The zero-order valence-electron chi connectivity index (χ0n) is 13.7. The lowest BCUT2D eigenvalue weighted by atomic mass is 9.65. The lowest BCUT2D eigenvalue weighted by Crippen LogP contribution is -2.45. The van der Waals surface area contributed by atoms with Gasteiger partial charge in [-0.1, -0.05) is 40.5 Å². The van der Waals surface area contributed by atoms with Crippen molar-refractivity contribution in [3.05, 3.63) is 21.9 Å². The molecule has 0 bridgehead atoms. The molecule has 0 spiro atoms. The Hall–Kier alpha value is -0.340. The van der Waals surface area contributed by atoms with E-state index in [1.807, 2.05) is 11.3 Å². The molecular weight excluding hydrogens is 262 g/mol. The number of likely N-dealkylation sites (N-methyl/N-ethyl adjacent to an activating group) is 1. The van der Waals surface area contributed by atoms with Crippen LogP contribution in [0.25, 0.3) is 0 Å². The number of thiophene rings is 1. The van der Waals surface area contributed by atoms with Crippen molar-refractivity contribution >= 4 is 11.3 Å². The molecule has 0 radical (unpaired) electrons. The minimum absolute atomic E-state index is 0.496. The Bertz CT molecular complexity index is 407. The van der Waals surface area contributed by atoms with Gasteiger partial charge in [0.15, 0.2) is 0 Å². The molecule has 114 valence electrons.